The lowest BCUT2D eigenvalue weighted by atomic mass is 9.99. The molecule has 21 heavy (non-hydrogen) atoms. The third-order valence-electron chi connectivity index (χ3n) is 3.66. The van der Waals surface area contributed by atoms with Gasteiger partial charge in [-0.25, -0.2) is 0 Å². The van der Waals surface area contributed by atoms with E-state index >= 15 is 0 Å². The number of carbonyl (C=O) groups excluding carboxylic acids is 1. The maximum absolute atomic E-state index is 12.2. The molecule has 1 aromatic carbocycles. The largest absolute Gasteiger partial charge is 0.342 e. The molecule has 2 heterocycles. The van der Waals surface area contributed by atoms with Crippen molar-refractivity contribution in [3.05, 3.63) is 51.7 Å². The van der Waals surface area contributed by atoms with Gasteiger partial charge in [-0.2, -0.15) is 5.10 Å². The summed E-state index contributed by atoms with van der Waals surface area (Å²) >= 11 is 9.47. The van der Waals surface area contributed by atoms with E-state index in [0.717, 1.165) is 29.7 Å². The Morgan fingerprint density at radius 3 is 2.81 bits per heavy atom. The molecule has 2 aromatic rings. The van der Waals surface area contributed by atoms with Crippen molar-refractivity contribution in [2.24, 2.45) is 5.92 Å². The molecule has 6 heteroatoms. The van der Waals surface area contributed by atoms with Gasteiger partial charge in [-0.15, -0.1) is 0 Å². The molecule has 1 aliphatic heterocycles. The molecule has 0 unspecified atom stereocenters. The number of likely N-dealkylation sites (tertiary alicyclic amines) is 1. The van der Waals surface area contributed by atoms with Crippen LogP contribution < -0.4 is 0 Å². The van der Waals surface area contributed by atoms with Crippen molar-refractivity contribution in [2.75, 3.05) is 13.1 Å². The Morgan fingerprint density at radius 1 is 1.38 bits per heavy atom. The number of benzene rings is 1. The molecule has 110 valence electrons. The van der Waals surface area contributed by atoms with Crippen molar-refractivity contribution in [1.82, 2.24) is 14.7 Å². The van der Waals surface area contributed by atoms with Gasteiger partial charge in [0.15, 0.2) is 0 Å². The van der Waals surface area contributed by atoms with Crippen LogP contribution >= 0.6 is 27.5 Å². The maximum atomic E-state index is 12.2. The summed E-state index contributed by atoms with van der Waals surface area (Å²) in [4.78, 5) is 14.1. The van der Waals surface area contributed by atoms with E-state index in [2.05, 4.69) is 21.0 Å². The van der Waals surface area contributed by atoms with Gasteiger partial charge in [0, 0.05) is 36.8 Å². The van der Waals surface area contributed by atoms with Gasteiger partial charge in [0.05, 0.1) is 17.1 Å². The van der Waals surface area contributed by atoms with Crippen LogP contribution in [0.3, 0.4) is 0 Å². The molecule has 0 bridgehead atoms. The monoisotopic (exact) mass is 367 g/mol. The zero-order valence-electron chi connectivity index (χ0n) is 11.4. The molecule has 1 aliphatic rings. The predicted octanol–water partition coefficient (Wildman–Crippen LogP) is 3.00. The first-order chi connectivity index (χ1) is 10.1. The van der Waals surface area contributed by atoms with Crippen LogP contribution in [-0.2, 0) is 17.8 Å². The number of amides is 1. The number of halogens is 2. The molecule has 0 radical (unpaired) electrons. The molecular weight excluding hydrogens is 354 g/mol. The van der Waals surface area contributed by atoms with Crippen molar-refractivity contribution >= 4 is 33.4 Å². The summed E-state index contributed by atoms with van der Waals surface area (Å²) in [6.45, 7) is 2.43. The summed E-state index contributed by atoms with van der Waals surface area (Å²) in [7, 11) is 0. The van der Waals surface area contributed by atoms with E-state index in [1.165, 1.54) is 0 Å². The summed E-state index contributed by atoms with van der Waals surface area (Å²) in [5.74, 6) is 0.619. The minimum atomic E-state index is 0.140. The number of carbonyl (C=O) groups is 1. The Labute approximate surface area is 136 Å². The minimum absolute atomic E-state index is 0.140. The number of nitrogens with zero attached hydrogens (tertiary/aromatic N) is 3. The van der Waals surface area contributed by atoms with Crippen LogP contribution in [0.25, 0.3) is 0 Å². The molecular formula is C15H15BrClN3O. The van der Waals surface area contributed by atoms with Gasteiger partial charge < -0.3 is 4.90 Å². The zero-order valence-corrected chi connectivity index (χ0v) is 13.7. The Balaban J connectivity index is 1.49. The molecule has 3 rings (SSSR count). The van der Waals surface area contributed by atoms with Crippen LogP contribution in [0.5, 0.6) is 0 Å². The molecule has 0 saturated carbocycles. The van der Waals surface area contributed by atoms with E-state index in [4.69, 9.17) is 11.6 Å². The van der Waals surface area contributed by atoms with Crippen LogP contribution in [0, 0.1) is 5.92 Å². The Bertz CT molecular complexity index is 652. The number of aromatic nitrogens is 2. The van der Waals surface area contributed by atoms with E-state index in [9.17, 15) is 4.79 Å². The van der Waals surface area contributed by atoms with Gasteiger partial charge in [-0.1, -0.05) is 29.8 Å². The standard InChI is InChI=1S/C15H15BrClN3O/c16-13-6-18-20(10-13)9-11-7-19(8-11)15(21)5-12-3-1-2-4-14(12)17/h1-4,6,10-11H,5,7-9H2. The van der Waals surface area contributed by atoms with Gasteiger partial charge in [-0.3, -0.25) is 9.48 Å². The molecule has 1 fully saturated rings. The Hall–Kier alpha value is -1.33. The van der Waals surface area contributed by atoms with Gasteiger partial charge in [-0.05, 0) is 27.6 Å². The third-order valence-corrected chi connectivity index (χ3v) is 4.43. The van der Waals surface area contributed by atoms with E-state index in [0.29, 0.717) is 17.4 Å². The fraction of sp³-hybridized carbons (Fsp3) is 0.333. The fourth-order valence-corrected chi connectivity index (χ4v) is 3.04. The fourth-order valence-electron chi connectivity index (χ4n) is 2.51. The number of hydrogen-bond donors (Lipinski definition) is 0. The lowest BCUT2D eigenvalue weighted by Crippen LogP contribution is -2.51. The highest BCUT2D eigenvalue weighted by Crippen LogP contribution is 2.21. The topological polar surface area (TPSA) is 38.1 Å². The van der Waals surface area contributed by atoms with Crippen molar-refractivity contribution in [1.29, 1.82) is 0 Å². The lowest BCUT2D eigenvalue weighted by Gasteiger charge is -2.39. The Morgan fingerprint density at radius 2 is 2.14 bits per heavy atom. The second-order valence-corrected chi connectivity index (χ2v) is 6.64. The SMILES string of the molecule is O=C(Cc1ccccc1Cl)N1CC(Cn2cc(Br)cn2)C1. The summed E-state index contributed by atoms with van der Waals surface area (Å²) in [5.41, 5.74) is 0.892. The summed E-state index contributed by atoms with van der Waals surface area (Å²) in [6, 6.07) is 7.50. The minimum Gasteiger partial charge on any atom is -0.342 e. The van der Waals surface area contributed by atoms with Crippen LogP contribution in [0.2, 0.25) is 5.02 Å². The van der Waals surface area contributed by atoms with E-state index in [1.807, 2.05) is 40.0 Å². The van der Waals surface area contributed by atoms with Crippen LogP contribution in [0.15, 0.2) is 41.1 Å². The van der Waals surface area contributed by atoms with Crippen molar-refractivity contribution in [3.8, 4) is 0 Å². The van der Waals surface area contributed by atoms with Crippen molar-refractivity contribution in [2.45, 2.75) is 13.0 Å². The first-order valence-corrected chi connectivity index (χ1v) is 7.98. The summed E-state index contributed by atoms with van der Waals surface area (Å²) < 4.78 is 2.89. The third kappa shape index (κ3) is 3.47. The first kappa shape index (κ1) is 14.6. The molecule has 4 nitrogen and oxygen atoms in total. The van der Waals surface area contributed by atoms with Crippen LogP contribution in [-0.4, -0.2) is 33.7 Å². The Kier molecular flexibility index (Phi) is 4.31. The first-order valence-electron chi connectivity index (χ1n) is 6.81. The number of hydrogen-bond acceptors (Lipinski definition) is 2. The van der Waals surface area contributed by atoms with Crippen LogP contribution in [0.1, 0.15) is 5.56 Å². The van der Waals surface area contributed by atoms with Crippen LogP contribution in [0.4, 0.5) is 0 Å². The molecule has 0 N–H and O–H groups in total. The highest BCUT2D eigenvalue weighted by Gasteiger charge is 2.30. The maximum Gasteiger partial charge on any atom is 0.227 e. The molecule has 0 spiro atoms. The quantitative estimate of drug-likeness (QED) is 0.832. The molecule has 0 aliphatic carbocycles. The molecule has 1 aromatic heterocycles. The summed E-state index contributed by atoms with van der Waals surface area (Å²) in [6.07, 6.45) is 4.10. The highest BCUT2D eigenvalue weighted by molar-refractivity contribution is 9.10. The van der Waals surface area contributed by atoms with Gasteiger partial charge in [0.25, 0.3) is 0 Å². The van der Waals surface area contributed by atoms with E-state index in [1.54, 1.807) is 6.20 Å². The van der Waals surface area contributed by atoms with Crippen molar-refractivity contribution < 1.29 is 4.79 Å². The molecule has 1 amide bonds. The highest BCUT2D eigenvalue weighted by atomic mass is 79.9. The van der Waals surface area contributed by atoms with E-state index < -0.39 is 0 Å². The lowest BCUT2D eigenvalue weighted by molar-refractivity contribution is -0.137. The second kappa shape index (κ2) is 6.20. The average Bonchev–Trinajstić information content (AvgIpc) is 2.81. The predicted molar refractivity (Wildman–Crippen MR) is 85.2 cm³/mol. The van der Waals surface area contributed by atoms with Gasteiger partial charge in [0.2, 0.25) is 5.91 Å². The van der Waals surface area contributed by atoms with E-state index in [-0.39, 0.29) is 5.91 Å². The van der Waals surface area contributed by atoms with Gasteiger partial charge >= 0.3 is 0 Å². The summed E-state index contributed by atoms with van der Waals surface area (Å²) in [5, 5.41) is 4.89. The molecule has 0 atom stereocenters. The normalized spacial score (nSPS) is 15.0. The number of rotatable bonds is 4. The van der Waals surface area contributed by atoms with Crippen molar-refractivity contribution in [3.63, 3.8) is 0 Å². The molecule has 1 saturated heterocycles. The average molecular weight is 369 g/mol. The smallest absolute Gasteiger partial charge is 0.227 e. The zero-order chi connectivity index (χ0) is 14.8. The second-order valence-electron chi connectivity index (χ2n) is 5.31. The van der Waals surface area contributed by atoms with Gasteiger partial charge in [0.1, 0.15) is 0 Å².